The van der Waals surface area contributed by atoms with Crippen molar-refractivity contribution in [1.82, 2.24) is 9.55 Å². The molecule has 0 spiro atoms. The Morgan fingerprint density at radius 2 is 2.19 bits per heavy atom. The summed E-state index contributed by atoms with van der Waals surface area (Å²) in [6.45, 7) is -1.46. The predicted octanol–water partition coefficient (Wildman–Crippen LogP) is 3.77. The number of rotatable bonds is 2. The molecule has 3 heterocycles. The van der Waals surface area contributed by atoms with E-state index in [4.69, 9.17) is 16.3 Å². The van der Waals surface area contributed by atoms with Gasteiger partial charge in [0.2, 0.25) is 5.75 Å². The summed E-state index contributed by atoms with van der Waals surface area (Å²) < 4.78 is 34.0. The molecule has 1 aliphatic heterocycles. The molecule has 2 N–H and O–H groups in total. The van der Waals surface area contributed by atoms with Gasteiger partial charge in [-0.15, -0.1) is 0 Å². The molecule has 6 nitrogen and oxygen atoms in total. The predicted molar refractivity (Wildman–Crippen MR) is 101 cm³/mol. The fraction of sp³-hybridized carbons (Fsp3) is 0.222. The van der Waals surface area contributed by atoms with Gasteiger partial charge in [0.25, 0.3) is 11.5 Å². The van der Waals surface area contributed by atoms with Crippen molar-refractivity contribution in [2.75, 3.05) is 23.8 Å². The van der Waals surface area contributed by atoms with Gasteiger partial charge in [0, 0.05) is 30.5 Å². The van der Waals surface area contributed by atoms with Gasteiger partial charge in [-0.1, -0.05) is 11.6 Å². The van der Waals surface area contributed by atoms with Crippen molar-refractivity contribution in [2.24, 2.45) is 7.05 Å². The van der Waals surface area contributed by atoms with Crippen molar-refractivity contribution < 1.29 is 13.5 Å². The number of hydrogen-bond donors (Lipinski definition) is 2. The van der Waals surface area contributed by atoms with Crippen LogP contribution in [0, 0.1) is 0 Å². The maximum atomic E-state index is 13.7. The third-order valence-electron chi connectivity index (χ3n) is 4.36. The third kappa shape index (κ3) is 3.16. The van der Waals surface area contributed by atoms with Gasteiger partial charge in [-0.25, -0.2) is 8.78 Å². The largest absolute Gasteiger partial charge is 0.480 e. The van der Waals surface area contributed by atoms with E-state index in [2.05, 4.69) is 15.6 Å². The van der Waals surface area contributed by atoms with Crippen LogP contribution in [0.3, 0.4) is 0 Å². The van der Waals surface area contributed by atoms with Crippen molar-refractivity contribution in [3.8, 4) is 5.75 Å². The van der Waals surface area contributed by atoms with Crippen LogP contribution in [-0.4, -0.2) is 28.6 Å². The molecule has 0 atom stereocenters. The molecule has 3 aromatic rings. The molecule has 0 saturated carbocycles. The second-order valence-electron chi connectivity index (χ2n) is 6.28. The quantitative estimate of drug-likeness (QED) is 0.695. The number of hydrogen-bond acceptors (Lipinski definition) is 5. The lowest BCUT2D eigenvalue weighted by Gasteiger charge is -2.15. The maximum absolute atomic E-state index is 13.7. The Morgan fingerprint density at radius 3 is 2.96 bits per heavy atom. The van der Waals surface area contributed by atoms with Gasteiger partial charge in [0.15, 0.2) is 6.61 Å². The molecule has 0 aliphatic carbocycles. The number of anilines is 3. The normalized spacial score (nSPS) is 15.4. The summed E-state index contributed by atoms with van der Waals surface area (Å²) in [6, 6.07) is 6.98. The van der Waals surface area contributed by atoms with Gasteiger partial charge in [-0.2, -0.15) is 0 Å². The number of aromatic nitrogens is 2. The Bertz CT molecular complexity index is 1100. The average molecular weight is 393 g/mol. The highest BCUT2D eigenvalue weighted by Crippen LogP contribution is 2.36. The topological polar surface area (TPSA) is 68.2 Å². The van der Waals surface area contributed by atoms with Crippen LogP contribution in [0.1, 0.15) is 0 Å². The average Bonchev–Trinajstić information content (AvgIpc) is 2.80. The lowest BCUT2D eigenvalue weighted by molar-refractivity contribution is -0.0251. The summed E-state index contributed by atoms with van der Waals surface area (Å²) >= 11 is 6.12. The van der Waals surface area contributed by atoms with Gasteiger partial charge in [-0.3, -0.25) is 9.78 Å². The molecule has 0 amide bonds. The number of alkyl halides is 2. The molecule has 2 aromatic heterocycles. The van der Waals surface area contributed by atoms with E-state index >= 15 is 0 Å². The fourth-order valence-electron chi connectivity index (χ4n) is 2.99. The van der Waals surface area contributed by atoms with E-state index in [1.807, 2.05) is 0 Å². The minimum absolute atomic E-state index is 0.110. The molecule has 9 heteroatoms. The molecule has 27 heavy (non-hydrogen) atoms. The van der Waals surface area contributed by atoms with Gasteiger partial charge in [0.1, 0.15) is 0 Å². The molecule has 0 saturated heterocycles. The first kappa shape index (κ1) is 17.5. The lowest BCUT2D eigenvalue weighted by atomic mass is 10.1. The number of ether oxygens (including phenoxy) is 1. The number of fused-ring (bicyclic) bond motifs is 3. The van der Waals surface area contributed by atoms with Crippen LogP contribution in [0.15, 0.2) is 41.5 Å². The number of benzene rings is 1. The maximum Gasteiger partial charge on any atom is 0.298 e. The first-order valence-corrected chi connectivity index (χ1v) is 8.51. The van der Waals surface area contributed by atoms with Crippen molar-refractivity contribution in [1.29, 1.82) is 0 Å². The van der Waals surface area contributed by atoms with Gasteiger partial charge in [0.05, 0.1) is 28.5 Å². The fourth-order valence-corrected chi connectivity index (χ4v) is 3.15. The number of nitrogens with zero attached hydrogens (tertiary/aromatic N) is 2. The number of nitrogens with one attached hydrogen (secondary N) is 2. The lowest BCUT2D eigenvalue weighted by Crippen LogP contribution is -2.31. The van der Waals surface area contributed by atoms with Crippen molar-refractivity contribution >= 4 is 39.6 Å². The van der Waals surface area contributed by atoms with Crippen LogP contribution in [0.5, 0.6) is 5.75 Å². The number of halogens is 3. The van der Waals surface area contributed by atoms with Crippen LogP contribution in [-0.2, 0) is 7.05 Å². The summed E-state index contributed by atoms with van der Waals surface area (Å²) in [6.07, 6.45) is 3.11. The molecular weight excluding hydrogens is 378 g/mol. The van der Waals surface area contributed by atoms with Crippen molar-refractivity contribution in [3.05, 3.63) is 52.0 Å². The summed E-state index contributed by atoms with van der Waals surface area (Å²) in [5, 5.41) is 6.86. The van der Waals surface area contributed by atoms with Crippen LogP contribution in [0.25, 0.3) is 10.9 Å². The molecular formula is C18H15ClF2N4O2. The van der Waals surface area contributed by atoms with E-state index in [9.17, 15) is 13.6 Å². The zero-order valence-electron chi connectivity index (χ0n) is 14.2. The first-order chi connectivity index (χ1) is 12.9. The summed E-state index contributed by atoms with van der Waals surface area (Å²) in [5.74, 6) is -3.18. The molecule has 0 bridgehead atoms. The van der Waals surface area contributed by atoms with Gasteiger partial charge >= 0.3 is 0 Å². The Hall–Kier alpha value is -2.87. The number of aryl methyl sites for hydroxylation is 1. The van der Waals surface area contributed by atoms with E-state index in [-0.39, 0.29) is 11.4 Å². The zero-order valence-corrected chi connectivity index (χ0v) is 15.0. The highest BCUT2D eigenvalue weighted by Gasteiger charge is 2.35. The van der Waals surface area contributed by atoms with Crippen LogP contribution >= 0.6 is 11.6 Å². The van der Waals surface area contributed by atoms with Crippen molar-refractivity contribution in [3.63, 3.8) is 0 Å². The molecule has 4 rings (SSSR count). The Morgan fingerprint density at radius 1 is 1.37 bits per heavy atom. The van der Waals surface area contributed by atoms with Crippen molar-refractivity contribution in [2.45, 2.75) is 5.92 Å². The highest BCUT2D eigenvalue weighted by molar-refractivity contribution is 6.33. The standard InChI is InChI=1S/C18H15ClF2N4O2/c1-25-14-3-2-10(24-13-4-5-22-7-12(13)19)6-11(14)15-16(17(25)26)27-9-18(20,21)8-23-15/h2-7,23H,8-9H2,1H3,(H,22,24). The first-order valence-electron chi connectivity index (χ1n) is 8.13. The van der Waals surface area contributed by atoms with Crippen LogP contribution < -0.4 is 20.9 Å². The van der Waals surface area contributed by atoms with Crippen LogP contribution in [0.2, 0.25) is 5.02 Å². The molecule has 0 unspecified atom stereocenters. The minimum atomic E-state index is -3.07. The molecule has 0 fully saturated rings. The Labute approximate surface area is 157 Å². The SMILES string of the molecule is Cn1c(=O)c2c(c3cc(Nc4ccncc4Cl)ccc31)NCC(F)(F)CO2. The molecule has 140 valence electrons. The monoisotopic (exact) mass is 392 g/mol. The molecule has 1 aromatic carbocycles. The molecule has 0 radical (unpaired) electrons. The summed E-state index contributed by atoms with van der Waals surface area (Å²) in [7, 11) is 1.57. The van der Waals surface area contributed by atoms with E-state index in [1.165, 1.54) is 10.8 Å². The van der Waals surface area contributed by atoms with Crippen LogP contribution in [0.4, 0.5) is 25.8 Å². The van der Waals surface area contributed by atoms with E-state index in [0.29, 0.717) is 27.3 Å². The highest BCUT2D eigenvalue weighted by atomic mass is 35.5. The van der Waals surface area contributed by atoms with Gasteiger partial charge < -0.3 is 19.9 Å². The van der Waals surface area contributed by atoms with E-state index in [0.717, 1.165) is 0 Å². The smallest absolute Gasteiger partial charge is 0.298 e. The zero-order chi connectivity index (χ0) is 19.2. The second kappa shape index (κ2) is 6.38. The number of pyridine rings is 2. The third-order valence-corrected chi connectivity index (χ3v) is 4.66. The van der Waals surface area contributed by atoms with Gasteiger partial charge in [-0.05, 0) is 24.3 Å². The van der Waals surface area contributed by atoms with E-state index in [1.54, 1.807) is 37.5 Å². The minimum Gasteiger partial charge on any atom is -0.480 e. The summed E-state index contributed by atoms with van der Waals surface area (Å²) in [4.78, 5) is 16.5. The summed E-state index contributed by atoms with van der Waals surface area (Å²) in [5.41, 5.74) is 1.70. The second-order valence-corrected chi connectivity index (χ2v) is 6.69. The Kier molecular flexibility index (Phi) is 4.15. The van der Waals surface area contributed by atoms with E-state index < -0.39 is 24.6 Å². The Balaban J connectivity index is 1.86. The molecule has 1 aliphatic rings.